The Morgan fingerprint density at radius 3 is 2.84 bits per heavy atom. The number of aliphatic imine (C=N–C) groups is 1. The Morgan fingerprint density at radius 2 is 2.12 bits per heavy atom. The predicted octanol–water partition coefficient (Wildman–Crippen LogP) is 3.10. The van der Waals surface area contributed by atoms with E-state index in [2.05, 4.69) is 15.6 Å². The highest BCUT2D eigenvalue weighted by molar-refractivity contribution is 5.79. The zero-order chi connectivity index (χ0) is 17.9. The van der Waals surface area contributed by atoms with Crippen molar-refractivity contribution in [2.75, 3.05) is 20.2 Å². The molecular formula is C19H27FN4O. The SMILES string of the molecule is CN=C(NCCCOC1CCCCC1)NCc1cc(C#N)ccc1F. The van der Waals surface area contributed by atoms with Gasteiger partial charge in [-0.3, -0.25) is 4.99 Å². The van der Waals surface area contributed by atoms with Gasteiger partial charge in [0.05, 0.1) is 17.7 Å². The first-order valence-electron chi connectivity index (χ1n) is 8.97. The van der Waals surface area contributed by atoms with Crippen LogP contribution in [0.15, 0.2) is 23.2 Å². The summed E-state index contributed by atoms with van der Waals surface area (Å²) in [7, 11) is 1.68. The summed E-state index contributed by atoms with van der Waals surface area (Å²) in [6, 6.07) is 6.35. The number of nitriles is 1. The summed E-state index contributed by atoms with van der Waals surface area (Å²) >= 11 is 0. The van der Waals surface area contributed by atoms with E-state index in [4.69, 9.17) is 10.00 Å². The van der Waals surface area contributed by atoms with Crippen LogP contribution in [-0.2, 0) is 11.3 Å². The molecular weight excluding hydrogens is 319 g/mol. The molecule has 1 aromatic carbocycles. The van der Waals surface area contributed by atoms with Crippen molar-refractivity contribution in [3.05, 3.63) is 35.1 Å². The molecule has 136 valence electrons. The normalized spacial score (nSPS) is 15.6. The second kappa shape index (κ2) is 10.7. The van der Waals surface area contributed by atoms with E-state index in [9.17, 15) is 4.39 Å². The minimum atomic E-state index is -0.331. The Morgan fingerprint density at radius 1 is 1.32 bits per heavy atom. The molecule has 0 atom stereocenters. The first kappa shape index (κ1) is 19.2. The molecule has 2 rings (SSSR count). The molecule has 25 heavy (non-hydrogen) atoms. The zero-order valence-electron chi connectivity index (χ0n) is 14.9. The number of ether oxygens (including phenoxy) is 1. The van der Waals surface area contributed by atoms with Gasteiger partial charge >= 0.3 is 0 Å². The highest BCUT2D eigenvalue weighted by Gasteiger charge is 2.13. The van der Waals surface area contributed by atoms with Gasteiger partial charge in [-0.15, -0.1) is 0 Å². The molecule has 0 aromatic heterocycles. The summed E-state index contributed by atoms with van der Waals surface area (Å²) < 4.78 is 19.7. The molecule has 1 fully saturated rings. The number of nitrogens with one attached hydrogen (secondary N) is 2. The van der Waals surface area contributed by atoms with Gasteiger partial charge in [0.15, 0.2) is 5.96 Å². The maximum atomic E-state index is 13.8. The third-order valence-corrected chi connectivity index (χ3v) is 4.36. The Bertz CT molecular complexity index is 606. The van der Waals surface area contributed by atoms with Gasteiger partial charge in [-0.25, -0.2) is 4.39 Å². The quantitative estimate of drug-likeness (QED) is 0.452. The number of rotatable bonds is 7. The summed E-state index contributed by atoms with van der Waals surface area (Å²) in [5.41, 5.74) is 0.892. The van der Waals surface area contributed by atoms with E-state index >= 15 is 0 Å². The Balaban J connectivity index is 1.66. The summed E-state index contributed by atoms with van der Waals surface area (Å²) in [6.45, 7) is 1.76. The van der Waals surface area contributed by atoms with Crippen LogP contribution < -0.4 is 10.6 Å². The lowest BCUT2D eigenvalue weighted by Crippen LogP contribution is -2.37. The van der Waals surface area contributed by atoms with E-state index in [-0.39, 0.29) is 12.4 Å². The van der Waals surface area contributed by atoms with E-state index in [1.165, 1.54) is 44.2 Å². The van der Waals surface area contributed by atoms with Crippen LogP contribution in [-0.4, -0.2) is 32.3 Å². The standard InChI is InChI=1S/C19H27FN4O/c1-22-19(23-10-5-11-25-17-6-3-2-4-7-17)24-14-16-12-15(13-21)8-9-18(16)20/h8-9,12,17H,2-7,10-11,14H2,1H3,(H2,22,23,24). The van der Waals surface area contributed by atoms with Crippen LogP contribution in [0.2, 0.25) is 0 Å². The number of halogens is 1. The Kier molecular flexibility index (Phi) is 8.20. The van der Waals surface area contributed by atoms with Crippen LogP contribution in [0, 0.1) is 17.1 Å². The van der Waals surface area contributed by atoms with Crippen molar-refractivity contribution in [1.82, 2.24) is 10.6 Å². The fourth-order valence-electron chi connectivity index (χ4n) is 2.94. The third-order valence-electron chi connectivity index (χ3n) is 4.36. The summed E-state index contributed by atoms with van der Waals surface area (Å²) in [5, 5.41) is 15.2. The van der Waals surface area contributed by atoms with Crippen molar-refractivity contribution >= 4 is 5.96 Å². The van der Waals surface area contributed by atoms with Gasteiger partial charge < -0.3 is 15.4 Å². The van der Waals surface area contributed by atoms with Crippen molar-refractivity contribution in [2.45, 2.75) is 51.2 Å². The number of benzene rings is 1. The molecule has 5 nitrogen and oxygen atoms in total. The maximum absolute atomic E-state index is 13.8. The first-order valence-corrected chi connectivity index (χ1v) is 8.97. The van der Waals surface area contributed by atoms with Gasteiger partial charge in [0.2, 0.25) is 0 Å². The topological polar surface area (TPSA) is 69.4 Å². The van der Waals surface area contributed by atoms with Crippen LogP contribution in [0.1, 0.15) is 49.7 Å². The van der Waals surface area contributed by atoms with Gasteiger partial charge in [0.25, 0.3) is 0 Å². The average molecular weight is 346 g/mol. The summed E-state index contributed by atoms with van der Waals surface area (Å²) in [5.74, 6) is 0.280. The molecule has 0 saturated heterocycles. The van der Waals surface area contributed by atoms with Crippen molar-refractivity contribution in [3.8, 4) is 6.07 Å². The van der Waals surface area contributed by atoms with E-state index in [1.807, 2.05) is 6.07 Å². The van der Waals surface area contributed by atoms with Crippen molar-refractivity contribution in [2.24, 2.45) is 4.99 Å². The van der Waals surface area contributed by atoms with Crippen molar-refractivity contribution < 1.29 is 9.13 Å². The lowest BCUT2D eigenvalue weighted by atomic mass is 9.98. The highest BCUT2D eigenvalue weighted by Crippen LogP contribution is 2.20. The fourth-order valence-corrected chi connectivity index (χ4v) is 2.94. The minimum Gasteiger partial charge on any atom is -0.378 e. The van der Waals surface area contributed by atoms with E-state index in [0.29, 0.717) is 23.2 Å². The van der Waals surface area contributed by atoms with Crippen LogP contribution in [0.3, 0.4) is 0 Å². The van der Waals surface area contributed by atoms with Crippen molar-refractivity contribution in [3.63, 3.8) is 0 Å². The molecule has 0 aliphatic heterocycles. The number of hydrogen-bond acceptors (Lipinski definition) is 3. The lowest BCUT2D eigenvalue weighted by Gasteiger charge is -2.22. The smallest absolute Gasteiger partial charge is 0.191 e. The van der Waals surface area contributed by atoms with Crippen LogP contribution in [0.5, 0.6) is 0 Å². The number of guanidine groups is 1. The Hall–Kier alpha value is -2.13. The van der Waals surface area contributed by atoms with Gasteiger partial charge in [-0.05, 0) is 37.5 Å². The number of nitrogens with zero attached hydrogens (tertiary/aromatic N) is 2. The second-order valence-electron chi connectivity index (χ2n) is 6.25. The molecule has 0 heterocycles. The molecule has 1 aromatic rings. The largest absolute Gasteiger partial charge is 0.378 e. The minimum absolute atomic E-state index is 0.277. The molecule has 1 aliphatic rings. The van der Waals surface area contributed by atoms with E-state index in [0.717, 1.165) is 19.6 Å². The summed E-state index contributed by atoms with van der Waals surface area (Å²) in [4.78, 5) is 4.13. The molecule has 0 unspecified atom stereocenters. The van der Waals surface area contributed by atoms with Crippen molar-refractivity contribution in [1.29, 1.82) is 5.26 Å². The van der Waals surface area contributed by atoms with Gasteiger partial charge in [0, 0.05) is 32.3 Å². The maximum Gasteiger partial charge on any atom is 0.191 e. The Labute approximate surface area is 149 Å². The van der Waals surface area contributed by atoms with Gasteiger partial charge in [-0.1, -0.05) is 19.3 Å². The monoisotopic (exact) mass is 346 g/mol. The average Bonchev–Trinajstić information content (AvgIpc) is 2.66. The molecule has 0 radical (unpaired) electrons. The third kappa shape index (κ3) is 6.71. The predicted molar refractivity (Wildman–Crippen MR) is 96.8 cm³/mol. The fraction of sp³-hybridized carbons (Fsp3) is 0.579. The summed E-state index contributed by atoms with van der Waals surface area (Å²) in [6.07, 6.45) is 7.60. The van der Waals surface area contributed by atoms with Gasteiger partial charge in [0.1, 0.15) is 5.82 Å². The molecule has 2 N–H and O–H groups in total. The van der Waals surface area contributed by atoms with Crippen LogP contribution >= 0.6 is 0 Å². The molecule has 0 bridgehead atoms. The zero-order valence-corrected chi connectivity index (χ0v) is 14.9. The van der Waals surface area contributed by atoms with Crippen LogP contribution in [0.4, 0.5) is 4.39 Å². The lowest BCUT2D eigenvalue weighted by molar-refractivity contribution is 0.0277. The van der Waals surface area contributed by atoms with Gasteiger partial charge in [-0.2, -0.15) is 5.26 Å². The van der Waals surface area contributed by atoms with E-state index < -0.39 is 0 Å². The molecule has 1 aliphatic carbocycles. The number of hydrogen-bond donors (Lipinski definition) is 2. The van der Waals surface area contributed by atoms with E-state index in [1.54, 1.807) is 13.1 Å². The molecule has 0 amide bonds. The molecule has 6 heteroatoms. The molecule has 1 saturated carbocycles. The highest BCUT2D eigenvalue weighted by atomic mass is 19.1. The first-order chi connectivity index (χ1) is 12.2. The second-order valence-corrected chi connectivity index (χ2v) is 6.25. The van der Waals surface area contributed by atoms with Crippen LogP contribution in [0.25, 0.3) is 0 Å². The molecule has 0 spiro atoms.